The zero-order chi connectivity index (χ0) is 16.7. The molecule has 2 heterocycles. The molecule has 2 nitrogen and oxygen atoms in total. The predicted molar refractivity (Wildman–Crippen MR) is 98.6 cm³/mol. The van der Waals surface area contributed by atoms with Crippen LogP contribution < -0.4 is 5.32 Å². The molecule has 0 amide bonds. The number of aromatic nitrogens is 1. The third kappa shape index (κ3) is 2.64. The molecule has 1 aromatic heterocycles. The molecule has 122 valence electrons. The van der Waals surface area contributed by atoms with Crippen LogP contribution >= 0.6 is 11.6 Å². The first-order valence-corrected chi connectivity index (χ1v) is 8.47. The molecule has 0 bridgehead atoms. The second-order valence-corrected chi connectivity index (χ2v) is 6.64. The number of rotatable bonds is 2. The number of halogens is 2. The Morgan fingerprint density at radius 1 is 1.21 bits per heavy atom. The fourth-order valence-electron chi connectivity index (χ4n) is 3.42. The molecule has 4 rings (SSSR count). The van der Waals surface area contributed by atoms with Crippen LogP contribution in [0.4, 0.5) is 4.39 Å². The van der Waals surface area contributed by atoms with Gasteiger partial charge in [-0.15, -0.1) is 0 Å². The van der Waals surface area contributed by atoms with Gasteiger partial charge in [-0.1, -0.05) is 23.7 Å². The van der Waals surface area contributed by atoms with Gasteiger partial charge >= 0.3 is 0 Å². The molecule has 24 heavy (non-hydrogen) atoms. The standard InChI is InChI=1S/C20H18ClFN2/c1-13(14-2-5-16(22)6-3-14)12-24-19-7-4-15(21)10-17(19)18-11-23-9-8-20(18)24/h2-7,10,12,23H,8-9,11H2,1H3. The van der Waals surface area contributed by atoms with E-state index in [4.69, 9.17) is 11.6 Å². The second kappa shape index (κ2) is 6.08. The Labute approximate surface area is 145 Å². The van der Waals surface area contributed by atoms with E-state index in [2.05, 4.69) is 29.1 Å². The Morgan fingerprint density at radius 2 is 2.00 bits per heavy atom. The van der Waals surface area contributed by atoms with Crippen LogP contribution in [-0.2, 0) is 13.0 Å². The molecule has 0 saturated carbocycles. The van der Waals surface area contributed by atoms with Crippen molar-refractivity contribution in [2.45, 2.75) is 19.9 Å². The number of nitrogens with one attached hydrogen (secondary N) is 1. The van der Waals surface area contributed by atoms with Gasteiger partial charge in [0, 0.05) is 41.8 Å². The molecule has 0 saturated heterocycles. The SMILES string of the molecule is CC(=Cn1c2c(c3cc(Cl)ccc31)CNCC2)c1ccc(F)cc1. The van der Waals surface area contributed by atoms with Gasteiger partial charge < -0.3 is 9.88 Å². The van der Waals surface area contributed by atoms with E-state index in [1.54, 1.807) is 0 Å². The third-order valence-electron chi connectivity index (χ3n) is 4.65. The highest BCUT2D eigenvalue weighted by Crippen LogP contribution is 2.32. The van der Waals surface area contributed by atoms with Crippen molar-refractivity contribution in [3.63, 3.8) is 0 Å². The van der Waals surface area contributed by atoms with Crippen molar-refractivity contribution in [1.82, 2.24) is 9.88 Å². The first-order chi connectivity index (χ1) is 11.6. The summed E-state index contributed by atoms with van der Waals surface area (Å²) in [6.07, 6.45) is 3.13. The first kappa shape index (κ1) is 15.4. The van der Waals surface area contributed by atoms with Gasteiger partial charge in [0.1, 0.15) is 5.82 Å². The maximum atomic E-state index is 13.2. The molecule has 0 unspecified atom stereocenters. The van der Waals surface area contributed by atoms with Gasteiger partial charge in [0.05, 0.1) is 5.52 Å². The summed E-state index contributed by atoms with van der Waals surface area (Å²) < 4.78 is 15.4. The van der Waals surface area contributed by atoms with Gasteiger partial charge in [0.15, 0.2) is 0 Å². The van der Waals surface area contributed by atoms with Crippen LogP contribution in [0.25, 0.3) is 22.7 Å². The fraction of sp³-hybridized carbons (Fsp3) is 0.200. The lowest BCUT2D eigenvalue weighted by Crippen LogP contribution is -2.24. The van der Waals surface area contributed by atoms with Gasteiger partial charge in [0.25, 0.3) is 0 Å². The third-order valence-corrected chi connectivity index (χ3v) is 4.88. The van der Waals surface area contributed by atoms with Crippen molar-refractivity contribution in [1.29, 1.82) is 0 Å². The monoisotopic (exact) mass is 340 g/mol. The highest BCUT2D eigenvalue weighted by atomic mass is 35.5. The maximum absolute atomic E-state index is 13.2. The molecule has 0 aliphatic carbocycles. The molecular formula is C20H18ClFN2. The molecule has 0 atom stereocenters. The van der Waals surface area contributed by atoms with Crippen molar-refractivity contribution in [2.75, 3.05) is 6.54 Å². The Morgan fingerprint density at radius 3 is 2.79 bits per heavy atom. The highest BCUT2D eigenvalue weighted by molar-refractivity contribution is 6.31. The average Bonchev–Trinajstić information content (AvgIpc) is 2.89. The fourth-order valence-corrected chi connectivity index (χ4v) is 3.60. The molecule has 0 spiro atoms. The molecule has 1 aliphatic heterocycles. The van der Waals surface area contributed by atoms with Gasteiger partial charge in [-0.3, -0.25) is 0 Å². The smallest absolute Gasteiger partial charge is 0.123 e. The molecule has 0 fully saturated rings. The van der Waals surface area contributed by atoms with E-state index >= 15 is 0 Å². The van der Waals surface area contributed by atoms with Crippen LogP contribution in [0, 0.1) is 5.82 Å². The summed E-state index contributed by atoms with van der Waals surface area (Å²) in [5.74, 6) is -0.212. The molecule has 0 radical (unpaired) electrons. The van der Waals surface area contributed by atoms with Crippen molar-refractivity contribution in [2.24, 2.45) is 0 Å². The van der Waals surface area contributed by atoms with Crippen LogP contribution in [0.15, 0.2) is 42.5 Å². The number of benzene rings is 2. The molecule has 4 heteroatoms. The van der Waals surface area contributed by atoms with Gasteiger partial charge in [-0.2, -0.15) is 0 Å². The van der Waals surface area contributed by atoms with Crippen molar-refractivity contribution >= 4 is 34.3 Å². The van der Waals surface area contributed by atoms with Crippen LogP contribution in [0.5, 0.6) is 0 Å². The Kier molecular flexibility index (Phi) is 3.91. The molecule has 1 N–H and O–H groups in total. The van der Waals surface area contributed by atoms with E-state index in [1.165, 1.54) is 28.8 Å². The summed E-state index contributed by atoms with van der Waals surface area (Å²) in [5.41, 5.74) is 5.93. The van der Waals surface area contributed by atoms with E-state index in [0.29, 0.717) is 0 Å². The quantitative estimate of drug-likeness (QED) is 0.687. The number of nitrogens with zero attached hydrogens (tertiary/aromatic N) is 1. The van der Waals surface area contributed by atoms with Crippen LogP contribution in [0.2, 0.25) is 5.02 Å². The zero-order valence-corrected chi connectivity index (χ0v) is 14.2. The van der Waals surface area contributed by atoms with Crippen molar-refractivity contribution in [3.8, 4) is 0 Å². The summed E-state index contributed by atoms with van der Waals surface area (Å²) in [7, 11) is 0. The minimum atomic E-state index is -0.212. The van der Waals surface area contributed by atoms with Crippen LogP contribution in [0.1, 0.15) is 23.7 Å². The number of hydrogen-bond acceptors (Lipinski definition) is 1. The molecule has 1 aliphatic rings. The Hall–Kier alpha value is -2.10. The van der Waals surface area contributed by atoms with E-state index in [0.717, 1.165) is 41.2 Å². The summed E-state index contributed by atoms with van der Waals surface area (Å²) in [5, 5.41) is 5.40. The summed E-state index contributed by atoms with van der Waals surface area (Å²) in [4.78, 5) is 0. The van der Waals surface area contributed by atoms with E-state index in [9.17, 15) is 4.39 Å². The number of allylic oxidation sites excluding steroid dienone is 1. The van der Waals surface area contributed by atoms with Gasteiger partial charge in [-0.25, -0.2) is 4.39 Å². The predicted octanol–water partition coefficient (Wildman–Crippen LogP) is 5.10. The van der Waals surface area contributed by atoms with Crippen molar-refractivity contribution in [3.05, 3.63) is 70.1 Å². The van der Waals surface area contributed by atoms with E-state index < -0.39 is 0 Å². The van der Waals surface area contributed by atoms with Crippen LogP contribution in [-0.4, -0.2) is 11.1 Å². The lowest BCUT2D eigenvalue weighted by molar-refractivity contribution is 0.627. The topological polar surface area (TPSA) is 17.0 Å². The first-order valence-electron chi connectivity index (χ1n) is 8.10. The normalized spacial score (nSPS) is 14.9. The Bertz CT molecular complexity index is 938. The molecule has 3 aromatic rings. The molecule has 2 aromatic carbocycles. The van der Waals surface area contributed by atoms with E-state index in [1.807, 2.05) is 24.3 Å². The minimum Gasteiger partial charge on any atom is -0.320 e. The lowest BCUT2D eigenvalue weighted by atomic mass is 10.1. The highest BCUT2D eigenvalue weighted by Gasteiger charge is 2.19. The molecular weight excluding hydrogens is 323 g/mol. The number of fused-ring (bicyclic) bond motifs is 3. The largest absolute Gasteiger partial charge is 0.320 e. The van der Waals surface area contributed by atoms with Gasteiger partial charge in [0.2, 0.25) is 0 Å². The zero-order valence-electron chi connectivity index (χ0n) is 13.4. The van der Waals surface area contributed by atoms with E-state index in [-0.39, 0.29) is 5.82 Å². The van der Waals surface area contributed by atoms with Crippen molar-refractivity contribution < 1.29 is 4.39 Å². The lowest BCUT2D eigenvalue weighted by Gasteiger charge is -2.15. The second-order valence-electron chi connectivity index (χ2n) is 6.20. The Balaban J connectivity index is 1.90. The summed E-state index contributed by atoms with van der Waals surface area (Å²) in [6.45, 7) is 3.89. The minimum absolute atomic E-state index is 0.212. The van der Waals surface area contributed by atoms with Gasteiger partial charge in [-0.05, 0) is 54.0 Å². The average molecular weight is 341 g/mol. The number of hydrogen-bond donors (Lipinski definition) is 1. The van der Waals surface area contributed by atoms with Crippen LogP contribution in [0.3, 0.4) is 0 Å². The summed E-state index contributed by atoms with van der Waals surface area (Å²) >= 11 is 6.21. The summed E-state index contributed by atoms with van der Waals surface area (Å²) in [6, 6.07) is 12.7. The maximum Gasteiger partial charge on any atom is 0.123 e.